The number of rotatable bonds is 71. The molecule has 0 aromatic carbocycles. The summed E-state index contributed by atoms with van der Waals surface area (Å²) in [5.74, 6) is -2.25. The normalized spacial score (nSPS) is 14.6. The van der Waals surface area contributed by atoms with E-state index in [1.54, 1.807) is 0 Å². The zero-order chi connectivity index (χ0) is 71.8. The number of carbonyl (C=O) groups is 4. The van der Waals surface area contributed by atoms with Crippen LogP contribution in [-0.4, -0.2) is 96.7 Å². The third-order valence-corrected chi connectivity index (χ3v) is 17.6. The van der Waals surface area contributed by atoms with Gasteiger partial charge in [0.05, 0.1) is 26.4 Å². The Labute approximate surface area is 594 Å². The summed E-state index contributed by atoms with van der Waals surface area (Å²) in [5, 5.41) is 10.6. The van der Waals surface area contributed by atoms with Crippen molar-refractivity contribution in [1.82, 2.24) is 0 Å². The SMILES string of the molecule is CC/C=C\C/C=C\C/C=C\C/C=C\CCCCC(=O)OCC(COP(=O)(O)OCC(O)COP(=O)(O)OCC(COC(=O)CCCCCCCC/C=C\C/C=C\C/C=C\CCCCC)OC(=O)CCCCCCC/C=C\CCCC)OC(=O)CCCCCCC/C=C\CCCCCC. The van der Waals surface area contributed by atoms with E-state index in [2.05, 4.69) is 137 Å². The molecular formula is C79H136O17P2. The third kappa shape index (κ3) is 70.2. The molecule has 0 saturated heterocycles. The Kier molecular flexibility index (Phi) is 68.0. The zero-order valence-corrected chi connectivity index (χ0v) is 63.2. The number of unbranched alkanes of at least 4 members (excludes halogenated alkanes) is 27. The lowest BCUT2D eigenvalue weighted by Crippen LogP contribution is -2.30. The Morgan fingerprint density at radius 2 is 0.541 bits per heavy atom. The van der Waals surface area contributed by atoms with Gasteiger partial charge in [0.25, 0.3) is 0 Å². The second kappa shape index (κ2) is 71.1. The molecule has 0 bridgehead atoms. The van der Waals surface area contributed by atoms with Crippen LogP contribution in [0.15, 0.2) is 109 Å². The van der Waals surface area contributed by atoms with Gasteiger partial charge in [-0.05, 0) is 148 Å². The molecule has 0 fully saturated rings. The summed E-state index contributed by atoms with van der Waals surface area (Å²) in [5.41, 5.74) is 0. The second-order valence-electron chi connectivity index (χ2n) is 25.2. The molecule has 0 aromatic heterocycles. The van der Waals surface area contributed by atoms with Crippen LogP contribution in [0.3, 0.4) is 0 Å². The highest BCUT2D eigenvalue weighted by molar-refractivity contribution is 7.47. The van der Waals surface area contributed by atoms with Gasteiger partial charge in [-0.1, -0.05) is 246 Å². The zero-order valence-electron chi connectivity index (χ0n) is 61.4. The number of phosphoric ester groups is 2. The van der Waals surface area contributed by atoms with Gasteiger partial charge in [-0.15, -0.1) is 0 Å². The molecule has 0 spiro atoms. The van der Waals surface area contributed by atoms with Gasteiger partial charge >= 0.3 is 39.5 Å². The fourth-order valence-corrected chi connectivity index (χ4v) is 11.4. The number of hydrogen-bond acceptors (Lipinski definition) is 15. The summed E-state index contributed by atoms with van der Waals surface area (Å²) in [6, 6.07) is 0. The monoisotopic (exact) mass is 1420 g/mol. The summed E-state index contributed by atoms with van der Waals surface area (Å²) in [4.78, 5) is 72.8. The van der Waals surface area contributed by atoms with Gasteiger partial charge in [0, 0.05) is 25.7 Å². The molecule has 17 nitrogen and oxygen atoms in total. The summed E-state index contributed by atoms with van der Waals surface area (Å²) in [6.07, 6.45) is 75.2. The van der Waals surface area contributed by atoms with Crippen molar-refractivity contribution in [3.8, 4) is 0 Å². The Bertz CT molecular complexity index is 2290. The molecule has 0 aromatic rings. The molecule has 0 rings (SSSR count). The molecule has 3 N–H and O–H groups in total. The smallest absolute Gasteiger partial charge is 0.462 e. The fraction of sp³-hybridized carbons (Fsp3) is 0.722. The maximum atomic E-state index is 13.1. The van der Waals surface area contributed by atoms with E-state index in [-0.39, 0.29) is 25.7 Å². The lowest BCUT2D eigenvalue weighted by Gasteiger charge is -2.21. The Balaban J connectivity index is 5.34. The minimum absolute atomic E-state index is 0.0746. The first kappa shape index (κ1) is 93.7. The fourth-order valence-electron chi connectivity index (χ4n) is 9.84. The summed E-state index contributed by atoms with van der Waals surface area (Å²) in [7, 11) is -9.96. The lowest BCUT2D eigenvalue weighted by molar-refractivity contribution is -0.161. The van der Waals surface area contributed by atoms with Gasteiger partial charge < -0.3 is 33.8 Å². The quantitative estimate of drug-likeness (QED) is 0.0169. The van der Waals surface area contributed by atoms with E-state index in [4.69, 9.17) is 37.0 Å². The van der Waals surface area contributed by atoms with E-state index in [9.17, 15) is 43.2 Å². The third-order valence-electron chi connectivity index (χ3n) is 15.7. The average molecular weight is 1420 g/mol. The molecule has 98 heavy (non-hydrogen) atoms. The molecule has 0 radical (unpaired) electrons. The number of aliphatic hydroxyl groups excluding tert-OH is 1. The van der Waals surface area contributed by atoms with Gasteiger partial charge in [-0.25, -0.2) is 9.13 Å². The molecule has 0 aliphatic rings. The van der Waals surface area contributed by atoms with Gasteiger partial charge in [-0.3, -0.25) is 37.3 Å². The van der Waals surface area contributed by atoms with E-state index in [0.29, 0.717) is 25.7 Å². The van der Waals surface area contributed by atoms with Crippen LogP contribution >= 0.6 is 15.6 Å². The van der Waals surface area contributed by atoms with Gasteiger partial charge in [0.1, 0.15) is 19.3 Å². The molecule has 564 valence electrons. The van der Waals surface area contributed by atoms with Crippen molar-refractivity contribution < 1.29 is 80.2 Å². The summed E-state index contributed by atoms with van der Waals surface area (Å²) in [6.45, 7) is 4.60. The van der Waals surface area contributed by atoms with E-state index >= 15 is 0 Å². The molecular weight excluding hydrogens is 1280 g/mol. The van der Waals surface area contributed by atoms with Crippen molar-refractivity contribution in [2.24, 2.45) is 0 Å². The highest BCUT2D eigenvalue weighted by Gasteiger charge is 2.30. The van der Waals surface area contributed by atoms with E-state index in [1.807, 2.05) is 0 Å². The van der Waals surface area contributed by atoms with Crippen LogP contribution in [0.4, 0.5) is 0 Å². The highest BCUT2D eigenvalue weighted by Crippen LogP contribution is 2.45. The molecule has 0 saturated carbocycles. The van der Waals surface area contributed by atoms with Crippen LogP contribution in [0.5, 0.6) is 0 Å². The minimum atomic E-state index is -4.98. The van der Waals surface area contributed by atoms with E-state index in [0.717, 1.165) is 173 Å². The van der Waals surface area contributed by atoms with Crippen LogP contribution in [0.25, 0.3) is 0 Å². The van der Waals surface area contributed by atoms with Crippen LogP contribution in [0.2, 0.25) is 0 Å². The summed E-state index contributed by atoms with van der Waals surface area (Å²) >= 11 is 0. The number of aliphatic hydroxyl groups is 1. The Hall–Kier alpha value is -4.28. The van der Waals surface area contributed by atoms with Crippen molar-refractivity contribution in [2.45, 2.75) is 329 Å². The summed E-state index contributed by atoms with van der Waals surface area (Å²) < 4.78 is 68.4. The van der Waals surface area contributed by atoms with Crippen molar-refractivity contribution in [2.75, 3.05) is 39.6 Å². The molecule has 5 atom stereocenters. The number of hydrogen-bond donors (Lipinski definition) is 3. The number of carbonyl (C=O) groups excluding carboxylic acids is 4. The number of phosphoric acid groups is 2. The molecule has 0 amide bonds. The van der Waals surface area contributed by atoms with Gasteiger partial charge in [-0.2, -0.15) is 0 Å². The van der Waals surface area contributed by atoms with Crippen LogP contribution in [0, 0.1) is 0 Å². The van der Waals surface area contributed by atoms with Crippen molar-refractivity contribution in [1.29, 1.82) is 0 Å². The number of ether oxygens (including phenoxy) is 4. The first-order valence-corrected chi connectivity index (χ1v) is 41.1. The van der Waals surface area contributed by atoms with Gasteiger partial charge in [0.2, 0.25) is 0 Å². The maximum Gasteiger partial charge on any atom is 0.472 e. The Morgan fingerprint density at radius 3 is 0.898 bits per heavy atom. The van der Waals surface area contributed by atoms with Crippen LogP contribution in [-0.2, 0) is 65.4 Å². The van der Waals surface area contributed by atoms with Crippen LogP contribution < -0.4 is 0 Å². The van der Waals surface area contributed by atoms with Crippen LogP contribution in [0.1, 0.15) is 310 Å². The van der Waals surface area contributed by atoms with E-state index < -0.39 is 97.5 Å². The predicted molar refractivity (Wildman–Crippen MR) is 399 cm³/mol. The van der Waals surface area contributed by atoms with Crippen molar-refractivity contribution in [3.05, 3.63) is 109 Å². The molecule has 19 heteroatoms. The maximum absolute atomic E-state index is 13.1. The Morgan fingerprint density at radius 1 is 0.296 bits per heavy atom. The number of esters is 4. The molecule has 0 heterocycles. The predicted octanol–water partition coefficient (Wildman–Crippen LogP) is 21.8. The number of allylic oxidation sites excluding steroid dienone is 18. The molecule has 0 aliphatic heterocycles. The topological polar surface area (TPSA) is 237 Å². The second-order valence-corrected chi connectivity index (χ2v) is 28.1. The average Bonchev–Trinajstić information content (AvgIpc) is 0.983. The lowest BCUT2D eigenvalue weighted by atomic mass is 10.1. The molecule has 5 unspecified atom stereocenters. The minimum Gasteiger partial charge on any atom is -0.462 e. The highest BCUT2D eigenvalue weighted by atomic mass is 31.2. The van der Waals surface area contributed by atoms with Gasteiger partial charge in [0.15, 0.2) is 12.2 Å². The first-order valence-electron chi connectivity index (χ1n) is 38.1. The van der Waals surface area contributed by atoms with Crippen molar-refractivity contribution >= 4 is 39.5 Å². The molecule has 0 aliphatic carbocycles. The van der Waals surface area contributed by atoms with Crippen molar-refractivity contribution in [3.63, 3.8) is 0 Å². The first-order chi connectivity index (χ1) is 47.7. The largest absolute Gasteiger partial charge is 0.472 e. The standard InChI is InChI=1S/C79H136O17P2/c1-5-9-13-17-21-25-29-32-34-35-36-37-39-42-45-48-52-56-60-64-77(82)89-69-74(95-78(83)65-61-57-53-49-43-28-24-20-16-12-8-4)71-93-97(85,86)91-67-73(80)68-92-98(87,88)94-72-75(96-79(84)66-62-58-54-50-46-40-31-27-23-19-15-11-7-3)70-90-76(81)63-59-55-51-47-44-41-38-33-30-26-22-18-14-10-6-2/h10,14,20-22,24-27,31-34,36-38,44,47,73-75,80H,5-9,11-13,15-19,23,28-30,35,39-43,45-46,48-72H2,1-4H3,(H,85,86)(H,87,88)/b14-10-,24-20-,25-21-,26-22-,31-27-,34-32-,37-36-,38-33-,47-44-. The van der Waals surface area contributed by atoms with E-state index in [1.165, 1.54) is 57.8 Å².